The highest BCUT2D eigenvalue weighted by atomic mass is 19.2. The Morgan fingerprint density at radius 1 is 1.28 bits per heavy atom. The average molecular weight is 256 g/mol. The Balaban J connectivity index is 2.53. The molecule has 0 radical (unpaired) electrons. The molecule has 1 rings (SSSR count). The number of nitrogens with one attached hydrogen (secondary N) is 1. The van der Waals surface area contributed by atoms with Crippen LogP contribution < -0.4 is 5.32 Å². The third-order valence-electron chi connectivity index (χ3n) is 2.59. The summed E-state index contributed by atoms with van der Waals surface area (Å²) in [4.78, 5) is 0. The summed E-state index contributed by atoms with van der Waals surface area (Å²) in [5.41, 5.74) is -0.643. The number of nitrogens with zero attached hydrogens (tertiary/aromatic N) is 1. The van der Waals surface area contributed by atoms with Crippen LogP contribution in [0.2, 0.25) is 0 Å². The van der Waals surface area contributed by atoms with E-state index in [0.717, 1.165) is 6.07 Å². The van der Waals surface area contributed by atoms with Crippen molar-refractivity contribution < 1.29 is 13.2 Å². The maximum atomic E-state index is 13.3. The summed E-state index contributed by atoms with van der Waals surface area (Å²) in [5.74, 6) is -3.13. The second kappa shape index (κ2) is 5.76. The third-order valence-corrected chi connectivity index (χ3v) is 2.59. The molecule has 0 bridgehead atoms. The predicted octanol–water partition coefficient (Wildman–Crippen LogP) is 3.85. The molecule has 0 aliphatic carbocycles. The normalized spacial score (nSPS) is 11.1. The van der Waals surface area contributed by atoms with Crippen LogP contribution in [-0.2, 0) is 0 Å². The smallest absolute Gasteiger partial charge is 0.182 e. The largest absolute Gasteiger partial charge is 0.383 e. The average Bonchev–Trinajstić information content (AvgIpc) is 2.30. The molecule has 0 amide bonds. The zero-order chi connectivity index (χ0) is 13.8. The van der Waals surface area contributed by atoms with Crippen LogP contribution in [0, 0.1) is 34.2 Å². The molecule has 98 valence electrons. The minimum absolute atomic E-state index is 0.192. The van der Waals surface area contributed by atoms with E-state index in [1.54, 1.807) is 13.8 Å². The number of halogens is 3. The molecule has 5 heteroatoms. The van der Waals surface area contributed by atoms with Crippen molar-refractivity contribution in [2.24, 2.45) is 5.41 Å². The van der Waals surface area contributed by atoms with Crippen molar-refractivity contribution in [2.75, 3.05) is 11.9 Å². The lowest BCUT2D eigenvalue weighted by atomic mass is 9.90. The number of hydrogen-bond donors (Lipinski definition) is 1. The fourth-order valence-corrected chi connectivity index (χ4v) is 1.49. The van der Waals surface area contributed by atoms with Gasteiger partial charge in [-0.15, -0.1) is 0 Å². The number of rotatable bonds is 5. The summed E-state index contributed by atoms with van der Waals surface area (Å²) in [5, 5.41) is 11.4. The molecule has 0 fully saturated rings. The van der Waals surface area contributed by atoms with E-state index in [0.29, 0.717) is 25.5 Å². The van der Waals surface area contributed by atoms with Crippen molar-refractivity contribution in [3.8, 4) is 6.07 Å². The third kappa shape index (κ3) is 3.95. The summed E-state index contributed by atoms with van der Waals surface area (Å²) in [6.45, 7) is 3.95. The Morgan fingerprint density at radius 2 is 1.94 bits per heavy atom. The van der Waals surface area contributed by atoms with Gasteiger partial charge in [-0.25, -0.2) is 13.2 Å². The number of hydrogen-bond acceptors (Lipinski definition) is 2. The molecule has 0 atom stereocenters. The van der Waals surface area contributed by atoms with Crippen LogP contribution in [0.5, 0.6) is 0 Å². The first-order chi connectivity index (χ1) is 8.35. The fourth-order valence-electron chi connectivity index (χ4n) is 1.49. The summed E-state index contributed by atoms with van der Waals surface area (Å²) >= 11 is 0. The van der Waals surface area contributed by atoms with Crippen LogP contribution in [0.3, 0.4) is 0 Å². The van der Waals surface area contributed by atoms with Crippen LogP contribution in [0.15, 0.2) is 12.1 Å². The van der Waals surface area contributed by atoms with E-state index in [2.05, 4.69) is 11.4 Å². The van der Waals surface area contributed by atoms with E-state index in [9.17, 15) is 13.2 Å². The van der Waals surface area contributed by atoms with Crippen molar-refractivity contribution in [2.45, 2.75) is 26.7 Å². The molecule has 2 nitrogen and oxygen atoms in total. The van der Waals surface area contributed by atoms with Crippen molar-refractivity contribution in [3.05, 3.63) is 29.6 Å². The molecule has 18 heavy (non-hydrogen) atoms. The Morgan fingerprint density at radius 3 is 2.56 bits per heavy atom. The molecule has 0 heterocycles. The van der Waals surface area contributed by atoms with E-state index in [4.69, 9.17) is 5.26 Å². The molecular weight excluding hydrogens is 241 g/mol. The first-order valence-corrected chi connectivity index (χ1v) is 5.65. The molecule has 0 aliphatic rings. The number of nitriles is 1. The minimum Gasteiger partial charge on any atom is -0.383 e. The molecule has 1 aromatic rings. The number of benzene rings is 1. The second-order valence-electron chi connectivity index (χ2n) is 4.78. The standard InChI is InChI=1S/C13H15F3N2/c1-13(2,8-17)4-3-5-18-11-7-9(14)6-10(15)12(11)16/h6-7,18H,3-5H2,1-2H3. The van der Waals surface area contributed by atoms with Gasteiger partial charge in [-0.05, 0) is 26.7 Å². The summed E-state index contributed by atoms with van der Waals surface area (Å²) in [6, 6.07) is 3.56. The Kier molecular flexibility index (Phi) is 4.60. The number of anilines is 1. The lowest BCUT2D eigenvalue weighted by Crippen LogP contribution is -2.12. The van der Waals surface area contributed by atoms with Crippen LogP contribution >= 0.6 is 0 Å². The zero-order valence-electron chi connectivity index (χ0n) is 10.4. The molecule has 0 aliphatic heterocycles. The quantitative estimate of drug-likeness (QED) is 0.641. The van der Waals surface area contributed by atoms with E-state index in [1.165, 1.54) is 0 Å². The van der Waals surface area contributed by atoms with Gasteiger partial charge in [0.15, 0.2) is 11.6 Å². The van der Waals surface area contributed by atoms with Crippen LogP contribution in [-0.4, -0.2) is 6.54 Å². The van der Waals surface area contributed by atoms with Crippen molar-refractivity contribution >= 4 is 5.69 Å². The maximum Gasteiger partial charge on any atom is 0.182 e. The Labute approximate surface area is 104 Å². The summed E-state index contributed by atoms with van der Waals surface area (Å²) in [6.07, 6.45) is 1.23. The van der Waals surface area contributed by atoms with Crippen molar-refractivity contribution in [1.29, 1.82) is 5.26 Å². The molecule has 0 aromatic heterocycles. The van der Waals surface area contributed by atoms with Gasteiger partial charge in [0.1, 0.15) is 5.82 Å². The van der Waals surface area contributed by atoms with Crippen LogP contribution in [0.25, 0.3) is 0 Å². The van der Waals surface area contributed by atoms with E-state index >= 15 is 0 Å². The zero-order valence-corrected chi connectivity index (χ0v) is 10.4. The van der Waals surface area contributed by atoms with Crippen LogP contribution in [0.4, 0.5) is 18.9 Å². The summed E-state index contributed by atoms with van der Waals surface area (Å²) < 4.78 is 39.0. The van der Waals surface area contributed by atoms with Gasteiger partial charge in [0.25, 0.3) is 0 Å². The Bertz CT molecular complexity index is 464. The van der Waals surface area contributed by atoms with Crippen LogP contribution in [0.1, 0.15) is 26.7 Å². The first kappa shape index (κ1) is 14.4. The fraction of sp³-hybridized carbons (Fsp3) is 0.462. The van der Waals surface area contributed by atoms with E-state index in [1.807, 2.05) is 0 Å². The second-order valence-corrected chi connectivity index (χ2v) is 4.78. The SMILES string of the molecule is CC(C)(C#N)CCCNc1cc(F)cc(F)c1F. The van der Waals surface area contributed by atoms with Crippen molar-refractivity contribution in [3.63, 3.8) is 0 Å². The molecule has 0 spiro atoms. The van der Waals surface area contributed by atoms with Gasteiger partial charge in [-0.3, -0.25) is 0 Å². The van der Waals surface area contributed by atoms with Gasteiger partial charge >= 0.3 is 0 Å². The summed E-state index contributed by atoms with van der Waals surface area (Å²) in [7, 11) is 0. The highest BCUT2D eigenvalue weighted by molar-refractivity contribution is 5.45. The van der Waals surface area contributed by atoms with Gasteiger partial charge in [0, 0.05) is 18.7 Å². The lowest BCUT2D eigenvalue weighted by molar-refractivity contribution is 0.440. The molecule has 0 saturated carbocycles. The highest BCUT2D eigenvalue weighted by Gasteiger charge is 2.16. The predicted molar refractivity (Wildman–Crippen MR) is 63.4 cm³/mol. The van der Waals surface area contributed by atoms with Gasteiger partial charge in [-0.2, -0.15) is 5.26 Å². The topological polar surface area (TPSA) is 35.8 Å². The first-order valence-electron chi connectivity index (χ1n) is 5.65. The van der Waals surface area contributed by atoms with Gasteiger partial charge in [0.2, 0.25) is 0 Å². The molecule has 1 aromatic carbocycles. The van der Waals surface area contributed by atoms with Crippen molar-refractivity contribution in [1.82, 2.24) is 0 Å². The van der Waals surface area contributed by atoms with Gasteiger partial charge < -0.3 is 5.32 Å². The molecule has 0 unspecified atom stereocenters. The van der Waals surface area contributed by atoms with E-state index in [-0.39, 0.29) is 5.69 Å². The highest BCUT2D eigenvalue weighted by Crippen LogP contribution is 2.22. The van der Waals surface area contributed by atoms with Gasteiger partial charge in [-0.1, -0.05) is 0 Å². The maximum absolute atomic E-state index is 13.3. The molecule has 0 saturated heterocycles. The lowest BCUT2D eigenvalue weighted by Gasteiger charge is -2.15. The minimum atomic E-state index is -1.21. The molecule has 1 N–H and O–H groups in total. The van der Waals surface area contributed by atoms with Gasteiger partial charge in [0.05, 0.1) is 17.2 Å². The van der Waals surface area contributed by atoms with E-state index < -0.39 is 22.9 Å². The monoisotopic (exact) mass is 256 g/mol. The molecular formula is C13H15F3N2. The Hall–Kier alpha value is -1.70.